The number of carbonyl (C=O) groups excluding carboxylic acids is 1. The van der Waals surface area contributed by atoms with Crippen LogP contribution < -0.4 is 10.6 Å². The molecule has 1 aromatic heterocycles. The fourth-order valence-corrected chi connectivity index (χ4v) is 2.48. The summed E-state index contributed by atoms with van der Waals surface area (Å²) in [5.41, 5.74) is 1.03. The lowest BCUT2D eigenvalue weighted by atomic mass is 10.2. The monoisotopic (exact) mass is 248 g/mol. The van der Waals surface area contributed by atoms with E-state index >= 15 is 0 Å². The van der Waals surface area contributed by atoms with Crippen molar-refractivity contribution in [2.45, 2.75) is 57.2 Å². The molecule has 5 heteroatoms. The average Bonchev–Trinajstić information content (AvgIpc) is 2.84. The Morgan fingerprint density at radius 2 is 2.06 bits per heavy atom. The molecule has 2 fully saturated rings. The van der Waals surface area contributed by atoms with Crippen molar-refractivity contribution >= 4 is 11.6 Å². The van der Waals surface area contributed by atoms with E-state index in [9.17, 15) is 4.79 Å². The zero-order chi connectivity index (χ0) is 12.4. The van der Waals surface area contributed by atoms with Crippen LogP contribution in [0.1, 0.15) is 38.5 Å². The summed E-state index contributed by atoms with van der Waals surface area (Å²) in [5.74, 6) is 0.0630. The van der Waals surface area contributed by atoms with E-state index in [1.54, 1.807) is 4.68 Å². The number of carbonyl (C=O) groups is 1. The van der Waals surface area contributed by atoms with Crippen LogP contribution in [0.4, 0.5) is 5.69 Å². The van der Waals surface area contributed by atoms with Gasteiger partial charge in [0.05, 0.1) is 11.9 Å². The van der Waals surface area contributed by atoms with E-state index in [1.165, 1.54) is 25.7 Å². The molecule has 1 aromatic rings. The molecule has 0 aromatic carbocycles. The van der Waals surface area contributed by atoms with Crippen LogP contribution in [0, 0.1) is 0 Å². The summed E-state index contributed by atoms with van der Waals surface area (Å²) in [5, 5.41) is 10.7. The van der Waals surface area contributed by atoms with Crippen LogP contribution in [0.2, 0.25) is 0 Å². The first-order valence-corrected chi connectivity index (χ1v) is 6.88. The van der Waals surface area contributed by atoms with Crippen molar-refractivity contribution in [1.82, 2.24) is 15.1 Å². The topological polar surface area (TPSA) is 59.0 Å². The highest BCUT2D eigenvalue weighted by Gasteiger charge is 2.23. The lowest BCUT2D eigenvalue weighted by molar-refractivity contribution is -0.122. The quantitative estimate of drug-likeness (QED) is 0.830. The van der Waals surface area contributed by atoms with Crippen molar-refractivity contribution < 1.29 is 4.79 Å². The maximum atomic E-state index is 11.6. The Kier molecular flexibility index (Phi) is 3.21. The molecule has 18 heavy (non-hydrogen) atoms. The lowest BCUT2D eigenvalue weighted by Gasteiger charge is -2.10. The minimum atomic E-state index is 0.0630. The first kappa shape index (κ1) is 11.6. The van der Waals surface area contributed by atoms with Crippen molar-refractivity contribution in [3.8, 4) is 0 Å². The second-order valence-corrected chi connectivity index (χ2v) is 5.39. The fraction of sp³-hybridized carbons (Fsp3) is 0.692. The Morgan fingerprint density at radius 3 is 2.78 bits per heavy atom. The molecule has 0 spiro atoms. The number of aromatic nitrogens is 2. The summed E-state index contributed by atoms with van der Waals surface area (Å²) < 4.78 is 1.70. The van der Waals surface area contributed by atoms with Crippen molar-refractivity contribution in [3.63, 3.8) is 0 Å². The molecule has 2 N–H and O–H groups in total. The van der Waals surface area contributed by atoms with E-state index in [-0.39, 0.29) is 5.91 Å². The van der Waals surface area contributed by atoms with Crippen LogP contribution in [0.25, 0.3) is 0 Å². The van der Waals surface area contributed by atoms with E-state index in [0.29, 0.717) is 18.6 Å². The summed E-state index contributed by atoms with van der Waals surface area (Å²) in [6.45, 7) is 0.322. The molecule has 0 bridgehead atoms. The summed E-state index contributed by atoms with van der Waals surface area (Å²) in [4.78, 5) is 11.6. The minimum Gasteiger partial charge on any atom is -0.380 e. The Bertz CT molecular complexity index is 418. The van der Waals surface area contributed by atoms with Crippen LogP contribution in [-0.2, 0) is 11.3 Å². The maximum absolute atomic E-state index is 11.6. The van der Waals surface area contributed by atoms with Gasteiger partial charge in [-0.05, 0) is 25.7 Å². The van der Waals surface area contributed by atoms with Gasteiger partial charge in [-0.1, -0.05) is 12.8 Å². The molecule has 0 unspecified atom stereocenters. The molecule has 2 aliphatic rings. The van der Waals surface area contributed by atoms with Crippen LogP contribution >= 0.6 is 0 Å². The number of hydrogen-bond donors (Lipinski definition) is 2. The van der Waals surface area contributed by atoms with Crippen molar-refractivity contribution in [2.75, 3.05) is 5.32 Å². The molecule has 0 saturated heterocycles. The predicted molar refractivity (Wildman–Crippen MR) is 69.3 cm³/mol. The first-order valence-electron chi connectivity index (χ1n) is 6.88. The molecule has 2 saturated carbocycles. The van der Waals surface area contributed by atoms with Crippen LogP contribution in [0.15, 0.2) is 12.4 Å². The average molecular weight is 248 g/mol. The number of rotatable bonds is 5. The highest BCUT2D eigenvalue weighted by Crippen LogP contribution is 2.22. The van der Waals surface area contributed by atoms with Gasteiger partial charge < -0.3 is 10.6 Å². The molecular weight excluding hydrogens is 228 g/mol. The minimum absolute atomic E-state index is 0.0630. The summed E-state index contributed by atoms with van der Waals surface area (Å²) in [7, 11) is 0. The first-order chi connectivity index (χ1) is 8.79. The smallest absolute Gasteiger partial charge is 0.241 e. The number of nitrogens with zero attached hydrogens (tertiary/aromatic N) is 2. The number of amides is 1. The fourth-order valence-electron chi connectivity index (χ4n) is 2.48. The second kappa shape index (κ2) is 5.00. The lowest BCUT2D eigenvalue weighted by Crippen LogP contribution is -2.29. The number of nitrogens with one attached hydrogen (secondary N) is 2. The van der Waals surface area contributed by atoms with Gasteiger partial charge in [-0.3, -0.25) is 9.48 Å². The van der Waals surface area contributed by atoms with Crippen LogP contribution in [0.3, 0.4) is 0 Å². The maximum Gasteiger partial charge on any atom is 0.241 e. The van der Waals surface area contributed by atoms with E-state index < -0.39 is 0 Å². The molecule has 2 aliphatic carbocycles. The Morgan fingerprint density at radius 1 is 1.28 bits per heavy atom. The van der Waals surface area contributed by atoms with Crippen LogP contribution in [-0.4, -0.2) is 27.8 Å². The number of hydrogen-bond acceptors (Lipinski definition) is 3. The summed E-state index contributed by atoms with van der Waals surface area (Å²) in [6.07, 6.45) is 11.1. The van der Waals surface area contributed by atoms with Crippen LogP contribution in [0.5, 0.6) is 0 Å². The zero-order valence-electron chi connectivity index (χ0n) is 10.6. The van der Waals surface area contributed by atoms with Gasteiger partial charge in [-0.15, -0.1) is 0 Å². The molecule has 1 amide bonds. The van der Waals surface area contributed by atoms with Gasteiger partial charge in [0, 0.05) is 18.3 Å². The molecule has 0 radical (unpaired) electrons. The molecule has 3 rings (SSSR count). The molecule has 98 valence electrons. The third-order valence-corrected chi connectivity index (χ3v) is 3.61. The summed E-state index contributed by atoms with van der Waals surface area (Å²) >= 11 is 0. The third-order valence-electron chi connectivity index (χ3n) is 3.61. The molecule has 5 nitrogen and oxygen atoms in total. The Labute approximate surface area is 107 Å². The van der Waals surface area contributed by atoms with E-state index in [1.807, 2.05) is 12.4 Å². The second-order valence-electron chi connectivity index (χ2n) is 5.39. The van der Waals surface area contributed by atoms with Crippen molar-refractivity contribution in [2.24, 2.45) is 0 Å². The van der Waals surface area contributed by atoms with Gasteiger partial charge in [0.15, 0.2) is 0 Å². The van der Waals surface area contributed by atoms with Gasteiger partial charge in [-0.2, -0.15) is 5.10 Å². The van der Waals surface area contributed by atoms with E-state index in [2.05, 4.69) is 15.7 Å². The van der Waals surface area contributed by atoms with Crippen molar-refractivity contribution in [1.29, 1.82) is 0 Å². The van der Waals surface area contributed by atoms with E-state index in [4.69, 9.17) is 0 Å². The molecule has 0 aliphatic heterocycles. The normalized spacial score (nSPS) is 20.0. The molecular formula is C13H20N4O. The van der Waals surface area contributed by atoms with E-state index in [0.717, 1.165) is 18.5 Å². The third kappa shape index (κ3) is 3.03. The molecule has 1 heterocycles. The Hall–Kier alpha value is -1.52. The van der Waals surface area contributed by atoms with Gasteiger partial charge >= 0.3 is 0 Å². The Balaban J connectivity index is 1.50. The van der Waals surface area contributed by atoms with Crippen molar-refractivity contribution in [3.05, 3.63) is 12.4 Å². The highest BCUT2D eigenvalue weighted by molar-refractivity contribution is 5.76. The largest absolute Gasteiger partial charge is 0.380 e. The van der Waals surface area contributed by atoms with Gasteiger partial charge in [0.1, 0.15) is 6.54 Å². The standard InChI is InChI=1S/C13H20N4O/c18-13(16-11-5-6-11)9-17-8-12(7-14-17)15-10-3-1-2-4-10/h7-8,10-11,15H,1-6,9H2,(H,16,18). The molecule has 0 atom stereocenters. The zero-order valence-corrected chi connectivity index (χ0v) is 10.6. The van der Waals surface area contributed by atoms with Gasteiger partial charge in [0.2, 0.25) is 5.91 Å². The van der Waals surface area contributed by atoms with Gasteiger partial charge in [0.25, 0.3) is 0 Å². The number of anilines is 1. The SMILES string of the molecule is O=C(Cn1cc(NC2CCCC2)cn1)NC1CC1. The highest BCUT2D eigenvalue weighted by atomic mass is 16.2. The predicted octanol–water partition coefficient (Wildman–Crippen LogP) is 1.52. The van der Waals surface area contributed by atoms with Gasteiger partial charge in [-0.25, -0.2) is 0 Å². The summed E-state index contributed by atoms with van der Waals surface area (Å²) in [6, 6.07) is 1.01.